The van der Waals surface area contributed by atoms with E-state index in [0.29, 0.717) is 5.41 Å². The number of fused-ring (bicyclic) bond motifs is 1. The van der Waals surface area contributed by atoms with Crippen molar-refractivity contribution in [3.63, 3.8) is 0 Å². The molecule has 2 aliphatic rings. The normalized spacial score (nSPS) is 36.7. The van der Waals surface area contributed by atoms with Gasteiger partial charge in [-0.3, -0.25) is 0 Å². The molecule has 3 unspecified atom stereocenters. The van der Waals surface area contributed by atoms with Crippen molar-refractivity contribution in [2.45, 2.75) is 33.6 Å². The van der Waals surface area contributed by atoms with Crippen molar-refractivity contribution in [2.24, 2.45) is 23.2 Å². The molecule has 2 aliphatic carbocycles. The monoisotopic (exact) mass is 442 g/mol. The van der Waals surface area contributed by atoms with Crippen LogP contribution in [0.2, 0.25) is 0 Å². The molecule has 2 rings (SSSR count). The smallest absolute Gasteiger partial charge is 0.00900 e. The van der Waals surface area contributed by atoms with Gasteiger partial charge in [0, 0.05) is 8.01 Å². The van der Waals surface area contributed by atoms with Gasteiger partial charge in [-0.2, -0.15) is 0 Å². The lowest BCUT2D eigenvalue weighted by Gasteiger charge is -2.29. The van der Waals surface area contributed by atoms with Crippen LogP contribution in [-0.2, 0) is 0 Å². The van der Waals surface area contributed by atoms with E-state index in [1.807, 2.05) is 0 Å². The Balaban J connectivity index is 2.41. The second-order valence-corrected chi connectivity index (χ2v) is 7.71. The minimum absolute atomic E-state index is 0.414. The average Bonchev–Trinajstić information content (AvgIpc) is 2.46. The molecule has 2 heteroatoms. The summed E-state index contributed by atoms with van der Waals surface area (Å²) in [6.07, 6.45) is 7.50. The van der Waals surface area contributed by atoms with Crippen molar-refractivity contribution in [1.82, 2.24) is 0 Å². The first-order valence-electron chi connectivity index (χ1n) is 6.16. The molecule has 0 saturated heterocycles. The highest BCUT2D eigenvalue weighted by Crippen LogP contribution is 2.58. The van der Waals surface area contributed by atoms with Crippen LogP contribution in [0.3, 0.4) is 0 Å². The van der Waals surface area contributed by atoms with Crippen molar-refractivity contribution in [3.05, 3.63) is 21.3 Å². The van der Waals surface area contributed by atoms with E-state index in [0.717, 1.165) is 17.8 Å². The maximum atomic E-state index is 2.59. The standard InChI is InChI=1S/C14H20I2/c1-4-10-11-6-5-9(16)7-12(11)14(2,3)13(10)8-15/h5,7,10-11,13H,4,6,8H2,1-3H3. The summed E-state index contributed by atoms with van der Waals surface area (Å²) in [5, 5.41) is 0. The Morgan fingerprint density at radius 3 is 2.69 bits per heavy atom. The fourth-order valence-electron chi connectivity index (χ4n) is 3.66. The molecule has 0 bridgehead atoms. The summed E-state index contributed by atoms with van der Waals surface area (Å²) in [5.41, 5.74) is 2.14. The molecular formula is C14H20I2. The van der Waals surface area contributed by atoms with Crippen LogP contribution < -0.4 is 0 Å². The molecular weight excluding hydrogens is 422 g/mol. The Kier molecular flexibility index (Phi) is 4.10. The Bertz CT molecular complexity index is 339. The topological polar surface area (TPSA) is 0 Å². The Morgan fingerprint density at radius 1 is 1.44 bits per heavy atom. The molecule has 0 aliphatic heterocycles. The van der Waals surface area contributed by atoms with Crippen molar-refractivity contribution < 1.29 is 0 Å². The highest BCUT2D eigenvalue weighted by molar-refractivity contribution is 14.1. The zero-order valence-electron chi connectivity index (χ0n) is 10.3. The molecule has 0 heterocycles. The predicted octanol–water partition coefficient (Wildman–Crippen LogP) is 5.37. The van der Waals surface area contributed by atoms with E-state index in [9.17, 15) is 0 Å². The summed E-state index contributed by atoms with van der Waals surface area (Å²) in [7, 11) is 0. The molecule has 0 amide bonds. The molecule has 0 spiro atoms. The summed E-state index contributed by atoms with van der Waals surface area (Å²) in [5.74, 6) is 2.60. The highest BCUT2D eigenvalue weighted by Gasteiger charge is 2.50. The molecule has 3 atom stereocenters. The zero-order valence-corrected chi connectivity index (χ0v) is 14.6. The lowest BCUT2D eigenvalue weighted by atomic mass is 9.77. The first kappa shape index (κ1) is 13.4. The first-order valence-corrected chi connectivity index (χ1v) is 8.76. The van der Waals surface area contributed by atoms with Gasteiger partial charge in [-0.05, 0) is 58.3 Å². The molecule has 90 valence electrons. The molecule has 0 N–H and O–H groups in total. The summed E-state index contributed by atoms with van der Waals surface area (Å²) in [6, 6.07) is 0. The minimum atomic E-state index is 0.414. The van der Waals surface area contributed by atoms with Gasteiger partial charge < -0.3 is 0 Å². The number of allylic oxidation sites excluding steroid dienone is 4. The Labute approximate surface area is 127 Å². The van der Waals surface area contributed by atoms with E-state index < -0.39 is 0 Å². The summed E-state index contributed by atoms with van der Waals surface area (Å²) in [4.78, 5) is 0. The summed E-state index contributed by atoms with van der Waals surface area (Å²) in [6.45, 7) is 7.28. The van der Waals surface area contributed by atoms with Gasteiger partial charge in [0.1, 0.15) is 0 Å². The van der Waals surface area contributed by atoms with Gasteiger partial charge in [0.2, 0.25) is 0 Å². The summed E-state index contributed by atoms with van der Waals surface area (Å²) < 4.78 is 2.74. The minimum Gasteiger partial charge on any atom is -0.0860 e. The fourth-order valence-corrected chi connectivity index (χ4v) is 6.00. The van der Waals surface area contributed by atoms with Crippen LogP contribution >= 0.6 is 45.2 Å². The van der Waals surface area contributed by atoms with Crippen LogP contribution in [-0.4, -0.2) is 4.43 Å². The first-order chi connectivity index (χ1) is 7.52. The molecule has 1 fully saturated rings. The average molecular weight is 442 g/mol. The van der Waals surface area contributed by atoms with Gasteiger partial charge >= 0.3 is 0 Å². The Morgan fingerprint density at radius 2 is 2.12 bits per heavy atom. The summed E-state index contributed by atoms with van der Waals surface area (Å²) >= 11 is 5.06. The lowest BCUT2D eigenvalue weighted by Crippen LogP contribution is -2.24. The van der Waals surface area contributed by atoms with Crippen LogP contribution in [0.1, 0.15) is 33.6 Å². The van der Waals surface area contributed by atoms with Crippen LogP contribution in [0.4, 0.5) is 0 Å². The van der Waals surface area contributed by atoms with Gasteiger partial charge in [0.05, 0.1) is 0 Å². The molecule has 0 nitrogen and oxygen atoms in total. The Hall–Kier alpha value is 0.940. The van der Waals surface area contributed by atoms with Crippen molar-refractivity contribution in [1.29, 1.82) is 0 Å². The fraction of sp³-hybridized carbons (Fsp3) is 0.714. The van der Waals surface area contributed by atoms with E-state index in [4.69, 9.17) is 0 Å². The largest absolute Gasteiger partial charge is 0.0860 e. The quantitative estimate of drug-likeness (QED) is 0.399. The molecule has 0 aromatic heterocycles. The van der Waals surface area contributed by atoms with E-state index >= 15 is 0 Å². The third-order valence-electron chi connectivity index (χ3n) is 4.60. The van der Waals surface area contributed by atoms with Crippen molar-refractivity contribution >= 4 is 45.2 Å². The number of alkyl halides is 1. The maximum Gasteiger partial charge on any atom is 0.00900 e. The number of rotatable bonds is 2. The van der Waals surface area contributed by atoms with Crippen molar-refractivity contribution in [3.8, 4) is 0 Å². The number of hydrogen-bond acceptors (Lipinski definition) is 0. The second kappa shape index (κ2) is 4.90. The second-order valence-electron chi connectivity index (χ2n) is 5.59. The molecule has 16 heavy (non-hydrogen) atoms. The van der Waals surface area contributed by atoms with Crippen molar-refractivity contribution in [2.75, 3.05) is 4.43 Å². The number of halogens is 2. The SMILES string of the molecule is CCC1C2CC=C(I)C=C2C(C)(C)C1CI. The third-order valence-corrected chi connectivity index (χ3v) is 6.30. The van der Waals surface area contributed by atoms with E-state index in [1.54, 1.807) is 5.57 Å². The molecule has 1 saturated carbocycles. The van der Waals surface area contributed by atoms with E-state index in [2.05, 4.69) is 78.1 Å². The highest BCUT2D eigenvalue weighted by atomic mass is 127. The molecule has 0 radical (unpaired) electrons. The van der Waals surface area contributed by atoms with Crippen LogP contribution in [0.25, 0.3) is 0 Å². The van der Waals surface area contributed by atoms with Crippen LogP contribution in [0.5, 0.6) is 0 Å². The molecule has 0 aromatic rings. The predicted molar refractivity (Wildman–Crippen MR) is 88.2 cm³/mol. The van der Waals surface area contributed by atoms with Gasteiger partial charge in [0.25, 0.3) is 0 Å². The lowest BCUT2D eigenvalue weighted by molar-refractivity contribution is 0.252. The van der Waals surface area contributed by atoms with Gasteiger partial charge in [0.15, 0.2) is 0 Å². The third kappa shape index (κ3) is 2.02. The van der Waals surface area contributed by atoms with Gasteiger partial charge in [-0.25, -0.2) is 0 Å². The van der Waals surface area contributed by atoms with E-state index in [1.165, 1.54) is 20.8 Å². The van der Waals surface area contributed by atoms with E-state index in [-0.39, 0.29) is 0 Å². The van der Waals surface area contributed by atoms with Crippen LogP contribution in [0.15, 0.2) is 21.3 Å². The molecule has 0 aromatic carbocycles. The van der Waals surface area contributed by atoms with Gasteiger partial charge in [-0.1, -0.05) is 61.4 Å². The zero-order chi connectivity index (χ0) is 11.9. The van der Waals surface area contributed by atoms with Gasteiger partial charge in [-0.15, -0.1) is 0 Å². The number of hydrogen-bond donors (Lipinski definition) is 0. The van der Waals surface area contributed by atoms with Crippen LogP contribution in [0, 0.1) is 23.2 Å². The maximum absolute atomic E-state index is 2.59.